The summed E-state index contributed by atoms with van der Waals surface area (Å²) in [4.78, 5) is 35.0. The number of carbonyl (C=O) groups is 2. The highest BCUT2D eigenvalue weighted by atomic mass is 16.4. The molecule has 0 bridgehead atoms. The topological polar surface area (TPSA) is 88.4 Å². The van der Waals surface area contributed by atoms with E-state index in [1.165, 1.54) is 16.7 Å². The number of hydrogen-bond donors (Lipinski definition) is 2. The molecule has 1 aromatic heterocycles. The van der Waals surface area contributed by atoms with Crippen LogP contribution in [-0.4, -0.2) is 21.6 Å². The average molecular weight is 292 g/mol. The lowest BCUT2D eigenvalue weighted by Gasteiger charge is -2.22. The molecule has 6 nitrogen and oxygen atoms in total. The molecule has 1 saturated carbocycles. The zero-order valence-corrected chi connectivity index (χ0v) is 12.1. The first-order valence-corrected chi connectivity index (χ1v) is 7.20. The Hall–Kier alpha value is -2.11. The number of carboxylic acids is 1. The van der Waals surface area contributed by atoms with Crippen LogP contribution in [0.2, 0.25) is 0 Å². The van der Waals surface area contributed by atoms with Gasteiger partial charge in [0.15, 0.2) is 0 Å². The van der Waals surface area contributed by atoms with Crippen LogP contribution in [-0.2, 0) is 16.1 Å². The third-order valence-electron chi connectivity index (χ3n) is 4.12. The van der Waals surface area contributed by atoms with Crippen molar-refractivity contribution < 1.29 is 14.7 Å². The van der Waals surface area contributed by atoms with Crippen molar-refractivity contribution in [3.05, 3.63) is 28.7 Å². The van der Waals surface area contributed by atoms with E-state index in [-0.39, 0.29) is 17.9 Å². The minimum atomic E-state index is -0.927. The number of carboxylic acid groups (broad SMARTS) is 1. The maximum atomic E-state index is 12.1. The summed E-state index contributed by atoms with van der Waals surface area (Å²) in [6, 6.07) is 2.93. The smallest absolute Gasteiger partial charge is 0.310 e. The van der Waals surface area contributed by atoms with Crippen LogP contribution >= 0.6 is 0 Å². The first-order chi connectivity index (χ1) is 9.97. The number of rotatable bonds is 5. The van der Waals surface area contributed by atoms with E-state index in [1.54, 1.807) is 6.20 Å². The number of nitrogens with zero attached hydrogens (tertiary/aromatic N) is 1. The summed E-state index contributed by atoms with van der Waals surface area (Å²) in [5, 5.41) is 12.1. The van der Waals surface area contributed by atoms with Gasteiger partial charge in [0, 0.05) is 25.2 Å². The van der Waals surface area contributed by atoms with Crippen molar-refractivity contribution in [2.24, 2.45) is 5.41 Å². The quantitative estimate of drug-likeness (QED) is 0.866. The number of amides is 1. The highest BCUT2D eigenvalue weighted by Gasteiger charge is 2.42. The molecule has 1 aliphatic rings. The van der Waals surface area contributed by atoms with Gasteiger partial charge in [0.25, 0.3) is 5.56 Å². The number of anilines is 1. The molecule has 0 aliphatic heterocycles. The molecule has 1 heterocycles. The largest absolute Gasteiger partial charge is 0.481 e. The number of aryl methyl sites for hydroxylation is 1. The number of nitrogens with one attached hydrogen (secondary N) is 1. The van der Waals surface area contributed by atoms with Crippen LogP contribution in [0.1, 0.15) is 39.0 Å². The normalized spacial score (nSPS) is 16.6. The van der Waals surface area contributed by atoms with Gasteiger partial charge < -0.3 is 15.0 Å². The summed E-state index contributed by atoms with van der Waals surface area (Å²) in [7, 11) is 0. The van der Waals surface area contributed by atoms with Gasteiger partial charge in [0.1, 0.15) is 0 Å². The Morgan fingerprint density at radius 1 is 1.33 bits per heavy atom. The van der Waals surface area contributed by atoms with Gasteiger partial charge in [-0.15, -0.1) is 0 Å². The fourth-order valence-electron chi connectivity index (χ4n) is 2.88. The molecule has 1 aromatic rings. The molecule has 114 valence electrons. The van der Waals surface area contributed by atoms with Gasteiger partial charge in [0.2, 0.25) is 5.91 Å². The van der Waals surface area contributed by atoms with E-state index in [2.05, 4.69) is 5.32 Å². The lowest BCUT2D eigenvalue weighted by Crippen LogP contribution is -2.33. The first-order valence-electron chi connectivity index (χ1n) is 7.20. The Morgan fingerprint density at radius 3 is 2.57 bits per heavy atom. The molecule has 21 heavy (non-hydrogen) atoms. The molecular formula is C15H20N2O4. The first kappa shape index (κ1) is 15.3. The summed E-state index contributed by atoms with van der Waals surface area (Å²) < 4.78 is 1.48. The number of aliphatic carboxylic acids is 1. The Kier molecular flexibility index (Phi) is 4.45. The predicted molar refractivity (Wildman–Crippen MR) is 78.2 cm³/mol. The summed E-state index contributed by atoms with van der Waals surface area (Å²) in [5.74, 6) is -1.21. The summed E-state index contributed by atoms with van der Waals surface area (Å²) in [6.07, 6.45) is 4.34. The Balaban J connectivity index is 2.08. The fraction of sp³-hybridized carbons (Fsp3) is 0.533. The molecule has 1 amide bonds. The zero-order valence-electron chi connectivity index (χ0n) is 12.1. The van der Waals surface area contributed by atoms with E-state index in [1.807, 2.05) is 6.92 Å². The fourth-order valence-corrected chi connectivity index (χ4v) is 2.88. The Labute approximate surface area is 122 Å². The SMILES string of the molecule is CCn1cc(NC(=O)CC2(C(=O)O)CCCC2)ccc1=O. The average Bonchev–Trinajstić information content (AvgIpc) is 2.90. The van der Waals surface area contributed by atoms with Crippen LogP contribution in [0, 0.1) is 5.41 Å². The lowest BCUT2D eigenvalue weighted by atomic mass is 9.82. The maximum absolute atomic E-state index is 12.1. The number of aromatic nitrogens is 1. The number of hydrogen-bond acceptors (Lipinski definition) is 3. The molecule has 2 N–H and O–H groups in total. The second-order valence-electron chi connectivity index (χ2n) is 5.56. The van der Waals surface area contributed by atoms with Gasteiger partial charge in [-0.3, -0.25) is 14.4 Å². The van der Waals surface area contributed by atoms with Gasteiger partial charge in [0.05, 0.1) is 11.1 Å². The monoisotopic (exact) mass is 292 g/mol. The van der Waals surface area contributed by atoms with E-state index < -0.39 is 11.4 Å². The molecular weight excluding hydrogens is 272 g/mol. The van der Waals surface area contributed by atoms with Gasteiger partial charge in [-0.2, -0.15) is 0 Å². The standard InChI is InChI=1S/C15H20N2O4/c1-2-17-10-11(5-6-13(17)19)16-12(18)9-15(14(20)21)7-3-4-8-15/h5-6,10H,2-4,7-9H2,1H3,(H,16,18)(H,20,21). The van der Waals surface area contributed by atoms with E-state index in [0.29, 0.717) is 25.1 Å². The van der Waals surface area contributed by atoms with Gasteiger partial charge in [-0.05, 0) is 25.8 Å². The zero-order chi connectivity index (χ0) is 15.5. The second-order valence-corrected chi connectivity index (χ2v) is 5.56. The van der Waals surface area contributed by atoms with Gasteiger partial charge >= 0.3 is 5.97 Å². The van der Waals surface area contributed by atoms with E-state index in [4.69, 9.17) is 0 Å². The van der Waals surface area contributed by atoms with Crippen molar-refractivity contribution >= 4 is 17.6 Å². The second kappa shape index (κ2) is 6.11. The van der Waals surface area contributed by atoms with Crippen molar-refractivity contribution in [2.75, 3.05) is 5.32 Å². The van der Waals surface area contributed by atoms with Gasteiger partial charge in [-0.1, -0.05) is 12.8 Å². The van der Waals surface area contributed by atoms with Crippen molar-refractivity contribution in [2.45, 2.75) is 45.6 Å². The Morgan fingerprint density at radius 2 is 2.00 bits per heavy atom. The van der Waals surface area contributed by atoms with Crippen molar-refractivity contribution in [1.82, 2.24) is 4.57 Å². The Bertz CT molecular complexity index is 600. The molecule has 0 unspecified atom stereocenters. The molecule has 1 fully saturated rings. The molecule has 1 aliphatic carbocycles. The van der Waals surface area contributed by atoms with Crippen LogP contribution in [0.3, 0.4) is 0 Å². The summed E-state index contributed by atoms with van der Waals surface area (Å²) >= 11 is 0. The van der Waals surface area contributed by atoms with E-state index in [0.717, 1.165) is 12.8 Å². The number of carbonyl (C=O) groups excluding carboxylic acids is 1. The highest BCUT2D eigenvalue weighted by Crippen LogP contribution is 2.41. The van der Waals surface area contributed by atoms with Crippen molar-refractivity contribution in [1.29, 1.82) is 0 Å². The number of pyridine rings is 1. The minimum Gasteiger partial charge on any atom is -0.481 e. The highest BCUT2D eigenvalue weighted by molar-refractivity contribution is 5.94. The molecule has 0 spiro atoms. The van der Waals surface area contributed by atoms with Crippen LogP contribution in [0.5, 0.6) is 0 Å². The summed E-state index contributed by atoms with van der Waals surface area (Å²) in [6.45, 7) is 2.35. The minimum absolute atomic E-state index is 0.0203. The van der Waals surface area contributed by atoms with Crippen molar-refractivity contribution in [3.63, 3.8) is 0 Å². The van der Waals surface area contributed by atoms with Crippen LogP contribution < -0.4 is 10.9 Å². The third-order valence-corrected chi connectivity index (χ3v) is 4.12. The summed E-state index contributed by atoms with van der Waals surface area (Å²) in [5.41, 5.74) is -0.545. The molecule has 6 heteroatoms. The van der Waals surface area contributed by atoms with Crippen LogP contribution in [0.15, 0.2) is 23.1 Å². The third kappa shape index (κ3) is 3.32. The maximum Gasteiger partial charge on any atom is 0.310 e. The molecule has 0 saturated heterocycles. The van der Waals surface area contributed by atoms with Crippen LogP contribution in [0.25, 0.3) is 0 Å². The molecule has 0 aromatic carbocycles. The van der Waals surface area contributed by atoms with Crippen molar-refractivity contribution in [3.8, 4) is 0 Å². The van der Waals surface area contributed by atoms with E-state index >= 15 is 0 Å². The predicted octanol–water partition coefficient (Wildman–Crippen LogP) is 1.84. The molecule has 0 radical (unpaired) electrons. The molecule has 2 rings (SSSR count). The molecule has 0 atom stereocenters. The van der Waals surface area contributed by atoms with E-state index in [9.17, 15) is 19.5 Å². The van der Waals surface area contributed by atoms with Gasteiger partial charge in [-0.25, -0.2) is 0 Å². The van der Waals surface area contributed by atoms with Crippen LogP contribution in [0.4, 0.5) is 5.69 Å². The lowest BCUT2D eigenvalue weighted by molar-refractivity contribution is -0.150.